The van der Waals surface area contributed by atoms with E-state index in [9.17, 15) is 4.79 Å². The third-order valence-corrected chi connectivity index (χ3v) is 2.53. The van der Waals surface area contributed by atoms with Crippen molar-refractivity contribution in [2.45, 2.75) is 19.5 Å². The van der Waals surface area contributed by atoms with E-state index in [-0.39, 0.29) is 11.9 Å². The van der Waals surface area contributed by atoms with Crippen molar-refractivity contribution in [3.05, 3.63) is 35.9 Å². The van der Waals surface area contributed by atoms with Gasteiger partial charge in [0, 0.05) is 19.7 Å². The predicted molar refractivity (Wildman–Crippen MR) is 72.3 cm³/mol. The molecule has 1 aromatic rings. The van der Waals surface area contributed by atoms with Crippen LogP contribution in [0.15, 0.2) is 30.3 Å². The lowest BCUT2D eigenvalue weighted by atomic mass is 10.2. The first-order chi connectivity index (χ1) is 8.61. The normalized spacial score (nSPS) is 12.4. The lowest BCUT2D eigenvalue weighted by Gasteiger charge is -2.18. The summed E-state index contributed by atoms with van der Waals surface area (Å²) in [5, 5.41) is 2.89. The molecule has 0 saturated heterocycles. The second kappa shape index (κ2) is 7.84. The van der Waals surface area contributed by atoms with Crippen molar-refractivity contribution in [2.24, 2.45) is 0 Å². The van der Waals surface area contributed by atoms with Crippen LogP contribution in [-0.2, 0) is 16.1 Å². The lowest BCUT2D eigenvalue weighted by molar-refractivity contribution is -0.123. The fraction of sp³-hybridized carbons (Fsp3) is 0.500. The van der Waals surface area contributed by atoms with E-state index in [1.807, 2.05) is 37.1 Å². The van der Waals surface area contributed by atoms with Crippen LogP contribution < -0.4 is 5.32 Å². The molecule has 0 fully saturated rings. The van der Waals surface area contributed by atoms with Gasteiger partial charge in [-0.05, 0) is 19.5 Å². The molecule has 18 heavy (non-hydrogen) atoms. The summed E-state index contributed by atoms with van der Waals surface area (Å²) >= 11 is 0. The van der Waals surface area contributed by atoms with Gasteiger partial charge >= 0.3 is 0 Å². The molecule has 1 unspecified atom stereocenters. The molecule has 0 heterocycles. The van der Waals surface area contributed by atoms with E-state index < -0.39 is 0 Å². The summed E-state index contributed by atoms with van der Waals surface area (Å²) in [6.45, 7) is 3.63. The van der Waals surface area contributed by atoms with Crippen LogP contribution in [0.4, 0.5) is 0 Å². The number of benzene rings is 1. The van der Waals surface area contributed by atoms with Gasteiger partial charge < -0.3 is 10.1 Å². The van der Waals surface area contributed by atoms with Gasteiger partial charge in [0.25, 0.3) is 0 Å². The van der Waals surface area contributed by atoms with Gasteiger partial charge in [-0.1, -0.05) is 30.3 Å². The molecule has 0 spiro atoms. The van der Waals surface area contributed by atoms with Crippen LogP contribution in [-0.4, -0.2) is 44.2 Å². The quantitative estimate of drug-likeness (QED) is 0.792. The molecule has 0 aliphatic heterocycles. The van der Waals surface area contributed by atoms with Crippen molar-refractivity contribution in [2.75, 3.05) is 27.3 Å². The van der Waals surface area contributed by atoms with Gasteiger partial charge in [0.15, 0.2) is 0 Å². The zero-order valence-electron chi connectivity index (χ0n) is 11.3. The standard InChI is InChI=1S/C14H22N2O2/c1-12(11-18-3)15-14(17)10-16(2)9-13-7-5-4-6-8-13/h4-8,12H,9-11H2,1-3H3,(H,15,17). The summed E-state index contributed by atoms with van der Waals surface area (Å²) in [6.07, 6.45) is 0. The molecule has 0 saturated carbocycles. The van der Waals surface area contributed by atoms with Crippen molar-refractivity contribution in [1.29, 1.82) is 0 Å². The van der Waals surface area contributed by atoms with Gasteiger partial charge in [0.1, 0.15) is 0 Å². The Hall–Kier alpha value is -1.39. The molecular formula is C14H22N2O2. The van der Waals surface area contributed by atoms with Gasteiger partial charge in [-0.15, -0.1) is 0 Å². The molecular weight excluding hydrogens is 228 g/mol. The molecule has 4 heteroatoms. The molecule has 4 nitrogen and oxygen atoms in total. The maximum Gasteiger partial charge on any atom is 0.234 e. The highest BCUT2D eigenvalue weighted by molar-refractivity contribution is 5.78. The molecule has 1 aromatic carbocycles. The molecule has 1 amide bonds. The third-order valence-electron chi connectivity index (χ3n) is 2.53. The predicted octanol–water partition coefficient (Wildman–Crippen LogP) is 1.27. The zero-order valence-corrected chi connectivity index (χ0v) is 11.3. The van der Waals surface area contributed by atoms with E-state index in [2.05, 4.69) is 17.4 Å². The SMILES string of the molecule is COCC(C)NC(=O)CN(C)Cc1ccccc1. The smallest absolute Gasteiger partial charge is 0.234 e. The van der Waals surface area contributed by atoms with Crippen LogP contribution in [0.25, 0.3) is 0 Å². The maximum atomic E-state index is 11.7. The van der Waals surface area contributed by atoms with Gasteiger partial charge in [-0.3, -0.25) is 9.69 Å². The number of hydrogen-bond acceptors (Lipinski definition) is 3. The Morgan fingerprint density at radius 1 is 1.39 bits per heavy atom. The van der Waals surface area contributed by atoms with E-state index in [4.69, 9.17) is 4.74 Å². The minimum atomic E-state index is 0.0259. The van der Waals surface area contributed by atoms with Gasteiger partial charge in [0.2, 0.25) is 5.91 Å². The Labute approximate surface area is 109 Å². The van der Waals surface area contributed by atoms with Crippen LogP contribution in [0.2, 0.25) is 0 Å². The molecule has 0 aliphatic carbocycles. The van der Waals surface area contributed by atoms with E-state index in [1.165, 1.54) is 5.56 Å². The number of likely N-dealkylation sites (N-methyl/N-ethyl adjacent to an activating group) is 1. The average Bonchev–Trinajstić information content (AvgIpc) is 2.29. The summed E-state index contributed by atoms with van der Waals surface area (Å²) in [5.41, 5.74) is 1.21. The Balaban J connectivity index is 2.31. The summed E-state index contributed by atoms with van der Waals surface area (Å²) in [7, 11) is 3.57. The van der Waals surface area contributed by atoms with E-state index >= 15 is 0 Å². The highest BCUT2D eigenvalue weighted by Crippen LogP contribution is 2.01. The molecule has 0 aliphatic rings. The number of hydrogen-bond donors (Lipinski definition) is 1. The molecule has 0 aromatic heterocycles. The number of amides is 1. The maximum absolute atomic E-state index is 11.7. The first-order valence-corrected chi connectivity index (χ1v) is 6.12. The van der Waals surface area contributed by atoms with Crippen molar-refractivity contribution in [1.82, 2.24) is 10.2 Å². The van der Waals surface area contributed by atoms with E-state index in [1.54, 1.807) is 7.11 Å². The number of methoxy groups -OCH3 is 1. The summed E-state index contributed by atoms with van der Waals surface area (Å²) in [6, 6.07) is 10.2. The number of nitrogens with zero attached hydrogens (tertiary/aromatic N) is 1. The third kappa shape index (κ3) is 5.80. The van der Waals surface area contributed by atoms with Crippen molar-refractivity contribution >= 4 is 5.91 Å². The Kier molecular flexibility index (Phi) is 6.39. The highest BCUT2D eigenvalue weighted by atomic mass is 16.5. The minimum Gasteiger partial charge on any atom is -0.383 e. The van der Waals surface area contributed by atoms with Crippen LogP contribution in [0.3, 0.4) is 0 Å². The lowest BCUT2D eigenvalue weighted by Crippen LogP contribution is -2.41. The molecule has 0 radical (unpaired) electrons. The molecule has 100 valence electrons. The minimum absolute atomic E-state index is 0.0259. The number of nitrogens with one attached hydrogen (secondary N) is 1. The van der Waals surface area contributed by atoms with Crippen molar-refractivity contribution in [3.8, 4) is 0 Å². The second-order valence-electron chi connectivity index (χ2n) is 4.58. The first-order valence-electron chi connectivity index (χ1n) is 6.12. The van der Waals surface area contributed by atoms with E-state index in [0.29, 0.717) is 13.2 Å². The van der Waals surface area contributed by atoms with Gasteiger partial charge in [-0.2, -0.15) is 0 Å². The van der Waals surface area contributed by atoms with Crippen LogP contribution in [0.1, 0.15) is 12.5 Å². The number of rotatable bonds is 7. The summed E-state index contributed by atoms with van der Waals surface area (Å²) < 4.78 is 4.98. The first kappa shape index (κ1) is 14.7. The fourth-order valence-electron chi connectivity index (χ4n) is 1.81. The second-order valence-corrected chi connectivity index (χ2v) is 4.58. The Morgan fingerprint density at radius 2 is 2.06 bits per heavy atom. The van der Waals surface area contributed by atoms with Crippen molar-refractivity contribution in [3.63, 3.8) is 0 Å². The highest BCUT2D eigenvalue weighted by Gasteiger charge is 2.09. The van der Waals surface area contributed by atoms with Crippen LogP contribution >= 0.6 is 0 Å². The Bertz CT molecular complexity index is 354. The molecule has 0 bridgehead atoms. The van der Waals surface area contributed by atoms with Gasteiger partial charge in [-0.25, -0.2) is 0 Å². The van der Waals surface area contributed by atoms with Gasteiger partial charge in [0.05, 0.1) is 13.2 Å². The number of ether oxygens (including phenoxy) is 1. The molecule has 1 rings (SSSR count). The number of carbonyl (C=O) groups excluding carboxylic acids is 1. The monoisotopic (exact) mass is 250 g/mol. The topological polar surface area (TPSA) is 41.6 Å². The van der Waals surface area contributed by atoms with Crippen LogP contribution in [0.5, 0.6) is 0 Å². The summed E-state index contributed by atoms with van der Waals surface area (Å²) in [4.78, 5) is 13.7. The average molecular weight is 250 g/mol. The van der Waals surface area contributed by atoms with Crippen molar-refractivity contribution < 1.29 is 9.53 Å². The fourth-order valence-corrected chi connectivity index (χ4v) is 1.81. The van der Waals surface area contributed by atoms with E-state index in [0.717, 1.165) is 6.54 Å². The Morgan fingerprint density at radius 3 is 2.67 bits per heavy atom. The largest absolute Gasteiger partial charge is 0.383 e. The molecule has 1 N–H and O–H groups in total. The number of carbonyl (C=O) groups is 1. The zero-order chi connectivity index (χ0) is 13.4. The van der Waals surface area contributed by atoms with Crippen LogP contribution in [0, 0.1) is 0 Å². The molecule has 1 atom stereocenters. The summed E-state index contributed by atoms with van der Waals surface area (Å²) in [5.74, 6) is 0.0259.